The number of carbonyl (C=O) groups is 1. The Bertz CT molecular complexity index is 619. The SMILES string of the molecule is CO/N=C(\C#N)C1=CCCN(OC(=O)Nc2ccccc2)C1. The minimum Gasteiger partial charge on any atom is -0.398 e. The molecule has 1 aliphatic heterocycles. The molecule has 22 heavy (non-hydrogen) atoms. The third kappa shape index (κ3) is 4.33. The second kappa shape index (κ2) is 7.81. The molecule has 0 saturated carbocycles. The monoisotopic (exact) mass is 300 g/mol. The Morgan fingerprint density at radius 3 is 2.86 bits per heavy atom. The molecule has 0 saturated heterocycles. The number of para-hydroxylation sites is 1. The number of benzene rings is 1. The van der Waals surface area contributed by atoms with Crippen molar-refractivity contribution in [1.82, 2.24) is 5.06 Å². The molecule has 0 atom stereocenters. The Morgan fingerprint density at radius 1 is 1.41 bits per heavy atom. The lowest BCUT2D eigenvalue weighted by atomic mass is 10.1. The molecule has 7 nitrogen and oxygen atoms in total. The number of nitrogens with zero attached hydrogens (tertiary/aromatic N) is 3. The summed E-state index contributed by atoms with van der Waals surface area (Å²) < 4.78 is 0. The van der Waals surface area contributed by atoms with E-state index < -0.39 is 6.09 Å². The minimum absolute atomic E-state index is 0.180. The molecule has 1 aliphatic rings. The van der Waals surface area contributed by atoms with E-state index in [0.29, 0.717) is 24.2 Å². The summed E-state index contributed by atoms with van der Waals surface area (Å²) >= 11 is 0. The number of nitrogens with one attached hydrogen (secondary N) is 1. The molecule has 0 aliphatic carbocycles. The van der Waals surface area contributed by atoms with Crippen molar-refractivity contribution in [2.75, 3.05) is 25.5 Å². The van der Waals surface area contributed by atoms with Crippen LogP contribution in [0, 0.1) is 11.3 Å². The van der Waals surface area contributed by atoms with E-state index in [1.54, 1.807) is 12.1 Å². The zero-order valence-electron chi connectivity index (χ0n) is 12.2. The Morgan fingerprint density at radius 2 is 2.18 bits per heavy atom. The number of anilines is 1. The first kappa shape index (κ1) is 15.5. The first-order valence-corrected chi connectivity index (χ1v) is 6.72. The number of rotatable bonds is 4. The molecule has 0 aromatic heterocycles. The first-order chi connectivity index (χ1) is 10.7. The van der Waals surface area contributed by atoms with Gasteiger partial charge in [-0.15, -0.1) is 5.06 Å². The molecule has 2 rings (SSSR count). The maximum atomic E-state index is 11.8. The maximum absolute atomic E-state index is 11.8. The van der Waals surface area contributed by atoms with Crippen LogP contribution < -0.4 is 5.32 Å². The van der Waals surface area contributed by atoms with Crippen LogP contribution in [-0.4, -0.2) is 37.1 Å². The quantitative estimate of drug-likeness (QED) is 0.681. The maximum Gasteiger partial charge on any atom is 0.430 e. The summed E-state index contributed by atoms with van der Waals surface area (Å²) in [5, 5.41) is 16.8. The first-order valence-electron chi connectivity index (χ1n) is 6.72. The van der Waals surface area contributed by atoms with Gasteiger partial charge in [-0.2, -0.15) is 5.26 Å². The van der Waals surface area contributed by atoms with Gasteiger partial charge in [-0.1, -0.05) is 29.4 Å². The smallest absolute Gasteiger partial charge is 0.398 e. The molecular weight excluding hydrogens is 284 g/mol. The summed E-state index contributed by atoms with van der Waals surface area (Å²) in [6.45, 7) is 0.843. The van der Waals surface area contributed by atoms with Crippen LogP contribution in [0.3, 0.4) is 0 Å². The van der Waals surface area contributed by atoms with Gasteiger partial charge in [0.1, 0.15) is 13.2 Å². The van der Waals surface area contributed by atoms with Gasteiger partial charge in [0.25, 0.3) is 0 Å². The van der Waals surface area contributed by atoms with Gasteiger partial charge in [-0.05, 0) is 18.6 Å². The fourth-order valence-corrected chi connectivity index (χ4v) is 1.99. The fraction of sp³-hybridized carbons (Fsp3) is 0.267. The molecule has 7 heteroatoms. The van der Waals surface area contributed by atoms with E-state index in [2.05, 4.69) is 15.3 Å². The lowest BCUT2D eigenvalue weighted by molar-refractivity contribution is -0.0872. The Labute approximate surface area is 128 Å². The third-order valence-corrected chi connectivity index (χ3v) is 2.94. The van der Waals surface area contributed by atoms with Crippen LogP contribution in [-0.2, 0) is 9.68 Å². The van der Waals surface area contributed by atoms with Crippen LogP contribution in [0.15, 0.2) is 47.1 Å². The van der Waals surface area contributed by atoms with Crippen LogP contribution in [0.2, 0.25) is 0 Å². The molecule has 0 unspecified atom stereocenters. The van der Waals surface area contributed by atoms with E-state index in [0.717, 1.165) is 0 Å². The molecule has 0 spiro atoms. The Balaban J connectivity index is 1.92. The van der Waals surface area contributed by atoms with Gasteiger partial charge in [0.15, 0.2) is 5.71 Å². The lowest BCUT2D eigenvalue weighted by Gasteiger charge is -2.24. The Hall–Kier alpha value is -2.85. The average Bonchev–Trinajstić information content (AvgIpc) is 2.53. The molecule has 1 heterocycles. The summed E-state index contributed by atoms with van der Waals surface area (Å²) in [5.41, 5.74) is 1.50. The highest BCUT2D eigenvalue weighted by Gasteiger charge is 2.20. The van der Waals surface area contributed by atoms with Crippen molar-refractivity contribution < 1.29 is 14.5 Å². The summed E-state index contributed by atoms with van der Waals surface area (Å²) in [7, 11) is 1.38. The van der Waals surface area contributed by atoms with E-state index in [9.17, 15) is 4.79 Å². The summed E-state index contributed by atoms with van der Waals surface area (Å²) in [4.78, 5) is 21.7. The third-order valence-electron chi connectivity index (χ3n) is 2.94. The van der Waals surface area contributed by atoms with Crippen LogP contribution in [0.25, 0.3) is 0 Å². The zero-order chi connectivity index (χ0) is 15.8. The number of oxime groups is 1. The lowest BCUT2D eigenvalue weighted by Crippen LogP contribution is -2.35. The van der Waals surface area contributed by atoms with Gasteiger partial charge in [0.05, 0.1) is 6.54 Å². The molecular formula is C15H16N4O3. The highest BCUT2D eigenvalue weighted by molar-refractivity contribution is 6.11. The van der Waals surface area contributed by atoms with Crippen molar-refractivity contribution in [2.45, 2.75) is 6.42 Å². The van der Waals surface area contributed by atoms with E-state index in [1.165, 1.54) is 12.2 Å². The van der Waals surface area contributed by atoms with Crippen LogP contribution in [0.5, 0.6) is 0 Å². The van der Waals surface area contributed by atoms with E-state index in [4.69, 9.17) is 10.1 Å². The zero-order valence-corrected chi connectivity index (χ0v) is 12.2. The van der Waals surface area contributed by atoms with Crippen molar-refractivity contribution in [1.29, 1.82) is 5.26 Å². The second-order valence-electron chi connectivity index (χ2n) is 4.49. The van der Waals surface area contributed by atoms with Crippen molar-refractivity contribution in [3.63, 3.8) is 0 Å². The molecule has 0 bridgehead atoms. The topological polar surface area (TPSA) is 86.9 Å². The highest BCUT2D eigenvalue weighted by atomic mass is 16.7. The number of carbonyl (C=O) groups excluding carboxylic acids is 1. The number of hydrogen-bond acceptors (Lipinski definition) is 6. The van der Waals surface area contributed by atoms with E-state index in [-0.39, 0.29) is 12.3 Å². The van der Waals surface area contributed by atoms with Gasteiger partial charge >= 0.3 is 6.09 Å². The van der Waals surface area contributed by atoms with Crippen molar-refractivity contribution >= 4 is 17.5 Å². The molecule has 1 amide bonds. The number of nitriles is 1. The summed E-state index contributed by atoms with van der Waals surface area (Å²) in [6.07, 6.45) is 1.96. The normalized spacial score (nSPS) is 15.5. The largest absolute Gasteiger partial charge is 0.430 e. The number of hydrogen-bond donors (Lipinski definition) is 1. The second-order valence-corrected chi connectivity index (χ2v) is 4.49. The Kier molecular flexibility index (Phi) is 5.51. The van der Waals surface area contributed by atoms with Crippen LogP contribution >= 0.6 is 0 Å². The standard InChI is InChI=1S/C15H16N4O3/c1-21-18-14(10-16)12-6-5-9-19(11-12)22-15(20)17-13-7-3-2-4-8-13/h2-4,6-8H,5,9,11H2,1H3,(H,17,20)/b18-14+. The van der Waals surface area contributed by atoms with Crippen molar-refractivity contribution in [3.05, 3.63) is 42.0 Å². The fourth-order valence-electron chi connectivity index (χ4n) is 1.99. The predicted octanol–water partition coefficient (Wildman–Crippen LogP) is 2.31. The van der Waals surface area contributed by atoms with Crippen molar-refractivity contribution in [2.24, 2.45) is 5.16 Å². The molecule has 0 radical (unpaired) electrons. The number of hydroxylamine groups is 2. The van der Waals surface area contributed by atoms with Crippen LogP contribution in [0.4, 0.5) is 10.5 Å². The van der Waals surface area contributed by atoms with Crippen LogP contribution in [0.1, 0.15) is 6.42 Å². The predicted molar refractivity (Wildman–Crippen MR) is 80.9 cm³/mol. The number of amides is 1. The summed E-state index contributed by atoms with van der Waals surface area (Å²) in [6, 6.07) is 11.0. The summed E-state index contributed by atoms with van der Waals surface area (Å²) in [5.74, 6) is 0. The van der Waals surface area contributed by atoms with Gasteiger partial charge in [-0.25, -0.2) is 4.79 Å². The van der Waals surface area contributed by atoms with E-state index in [1.807, 2.05) is 30.3 Å². The van der Waals surface area contributed by atoms with Gasteiger partial charge in [-0.3, -0.25) is 5.32 Å². The average molecular weight is 300 g/mol. The van der Waals surface area contributed by atoms with Gasteiger partial charge in [0, 0.05) is 17.8 Å². The van der Waals surface area contributed by atoms with Gasteiger partial charge in [0.2, 0.25) is 0 Å². The molecule has 1 aromatic carbocycles. The molecule has 1 aromatic rings. The van der Waals surface area contributed by atoms with Crippen molar-refractivity contribution in [3.8, 4) is 6.07 Å². The highest BCUT2D eigenvalue weighted by Crippen LogP contribution is 2.13. The minimum atomic E-state index is -0.574. The molecule has 114 valence electrons. The molecule has 1 N–H and O–H groups in total. The molecule has 0 fully saturated rings. The van der Waals surface area contributed by atoms with Gasteiger partial charge < -0.3 is 9.68 Å². The van der Waals surface area contributed by atoms with E-state index >= 15 is 0 Å².